The Hall–Kier alpha value is -2.22. The molecule has 1 aromatic carbocycles. The number of fused-ring (bicyclic) bond motifs is 1. The Kier molecular flexibility index (Phi) is 4.47. The third-order valence-electron chi connectivity index (χ3n) is 4.36. The molecule has 5 heteroatoms. The van der Waals surface area contributed by atoms with E-state index in [0.29, 0.717) is 11.5 Å². The van der Waals surface area contributed by atoms with E-state index in [1.54, 1.807) is 6.07 Å². The second-order valence-electron chi connectivity index (χ2n) is 5.88. The number of carbonyl (C=O) groups excluding carboxylic acids is 1. The van der Waals surface area contributed by atoms with Crippen molar-refractivity contribution in [2.45, 2.75) is 44.2 Å². The van der Waals surface area contributed by atoms with Crippen LogP contribution in [0.25, 0.3) is 0 Å². The number of nitriles is 1. The van der Waals surface area contributed by atoms with Crippen molar-refractivity contribution < 1.29 is 14.3 Å². The maximum atomic E-state index is 12.4. The van der Waals surface area contributed by atoms with Gasteiger partial charge in [0.15, 0.2) is 11.5 Å². The minimum Gasteiger partial charge on any atom is -0.485 e. The van der Waals surface area contributed by atoms with Crippen LogP contribution in [-0.4, -0.2) is 24.7 Å². The topological polar surface area (TPSA) is 71.4 Å². The van der Waals surface area contributed by atoms with Gasteiger partial charge in [0.05, 0.1) is 6.07 Å². The Labute approximate surface area is 130 Å². The molecule has 1 fully saturated rings. The lowest BCUT2D eigenvalue weighted by molar-refractivity contribution is -0.131. The summed E-state index contributed by atoms with van der Waals surface area (Å²) >= 11 is 0. The van der Waals surface area contributed by atoms with Gasteiger partial charge in [-0.05, 0) is 30.9 Å². The Bertz CT molecular complexity index is 576. The van der Waals surface area contributed by atoms with Gasteiger partial charge in [0.25, 0.3) is 5.91 Å². The lowest BCUT2D eigenvalue weighted by Crippen LogP contribution is -2.49. The number of nitrogens with one attached hydrogen (secondary N) is 1. The van der Waals surface area contributed by atoms with Crippen LogP contribution in [0.5, 0.6) is 11.5 Å². The minimum atomic E-state index is -0.700. The van der Waals surface area contributed by atoms with Crippen LogP contribution in [0.15, 0.2) is 24.3 Å². The normalized spacial score (nSPS) is 22.4. The average Bonchev–Trinajstić information content (AvgIpc) is 2.59. The molecule has 1 N–H and O–H groups in total. The van der Waals surface area contributed by atoms with Gasteiger partial charge in [-0.3, -0.25) is 4.79 Å². The van der Waals surface area contributed by atoms with Gasteiger partial charge < -0.3 is 14.8 Å². The van der Waals surface area contributed by atoms with Crippen LogP contribution in [0, 0.1) is 17.2 Å². The van der Waals surface area contributed by atoms with E-state index in [-0.39, 0.29) is 18.4 Å². The molecule has 1 amide bonds. The lowest BCUT2D eigenvalue weighted by Gasteiger charge is -2.29. The van der Waals surface area contributed by atoms with Crippen LogP contribution < -0.4 is 14.8 Å². The number of benzene rings is 1. The molecule has 2 unspecified atom stereocenters. The molecular formula is C17H20N2O3. The molecule has 1 aromatic rings. The number of hydrogen-bond acceptors (Lipinski definition) is 4. The van der Waals surface area contributed by atoms with Crippen molar-refractivity contribution in [3.05, 3.63) is 24.3 Å². The first-order chi connectivity index (χ1) is 10.8. The zero-order valence-corrected chi connectivity index (χ0v) is 12.5. The Morgan fingerprint density at radius 1 is 1.23 bits per heavy atom. The summed E-state index contributed by atoms with van der Waals surface area (Å²) in [4.78, 5) is 12.4. The van der Waals surface area contributed by atoms with Gasteiger partial charge in [0.2, 0.25) is 6.10 Å². The molecule has 1 saturated carbocycles. The summed E-state index contributed by atoms with van der Waals surface area (Å²) < 4.78 is 11.2. The van der Waals surface area contributed by atoms with Crippen molar-refractivity contribution in [1.82, 2.24) is 5.32 Å². The van der Waals surface area contributed by atoms with Crippen LogP contribution in [0.3, 0.4) is 0 Å². The van der Waals surface area contributed by atoms with Crippen molar-refractivity contribution in [3.8, 4) is 17.6 Å². The molecule has 22 heavy (non-hydrogen) atoms. The minimum absolute atomic E-state index is 0.172. The van der Waals surface area contributed by atoms with Crippen molar-refractivity contribution >= 4 is 5.91 Å². The van der Waals surface area contributed by atoms with Crippen LogP contribution >= 0.6 is 0 Å². The van der Waals surface area contributed by atoms with Crippen LogP contribution in [-0.2, 0) is 4.79 Å². The molecule has 1 heterocycles. The standard InChI is InChI=1S/C17H20N2O3/c18-10-13(12-6-2-1-3-7-12)19-17(20)16-11-21-14-8-4-5-9-15(14)22-16/h4-5,8-9,12-13,16H,1-3,6-7,11H2,(H,19,20). The summed E-state index contributed by atoms with van der Waals surface area (Å²) in [5, 5.41) is 12.2. The van der Waals surface area contributed by atoms with E-state index in [4.69, 9.17) is 9.47 Å². The SMILES string of the molecule is N#CC(NC(=O)C1COc2ccccc2O1)C1CCCCC1. The molecule has 0 spiro atoms. The zero-order valence-electron chi connectivity index (χ0n) is 12.5. The fraction of sp³-hybridized carbons (Fsp3) is 0.529. The maximum absolute atomic E-state index is 12.4. The summed E-state index contributed by atoms with van der Waals surface area (Å²) in [6.07, 6.45) is 4.80. The highest BCUT2D eigenvalue weighted by Crippen LogP contribution is 2.31. The molecule has 1 aliphatic heterocycles. The molecule has 5 nitrogen and oxygen atoms in total. The molecule has 2 aliphatic rings. The van der Waals surface area contributed by atoms with Crippen molar-refractivity contribution in [1.29, 1.82) is 5.26 Å². The predicted octanol–water partition coefficient (Wildman–Crippen LogP) is 2.42. The van der Waals surface area contributed by atoms with Crippen LogP contribution in [0.2, 0.25) is 0 Å². The maximum Gasteiger partial charge on any atom is 0.265 e. The lowest BCUT2D eigenvalue weighted by atomic mass is 9.84. The number of nitrogens with zero attached hydrogens (tertiary/aromatic N) is 1. The second kappa shape index (κ2) is 6.69. The van der Waals surface area contributed by atoms with Crippen LogP contribution in [0.1, 0.15) is 32.1 Å². The highest BCUT2D eigenvalue weighted by Gasteiger charge is 2.31. The van der Waals surface area contributed by atoms with Crippen molar-refractivity contribution in [2.75, 3.05) is 6.61 Å². The third-order valence-corrected chi connectivity index (χ3v) is 4.36. The van der Waals surface area contributed by atoms with Gasteiger partial charge in [0.1, 0.15) is 12.6 Å². The number of amides is 1. The first-order valence-electron chi connectivity index (χ1n) is 7.86. The fourth-order valence-corrected chi connectivity index (χ4v) is 3.12. The largest absolute Gasteiger partial charge is 0.485 e. The number of ether oxygens (including phenoxy) is 2. The Balaban J connectivity index is 1.61. The van der Waals surface area contributed by atoms with Gasteiger partial charge >= 0.3 is 0 Å². The predicted molar refractivity (Wildman–Crippen MR) is 80.5 cm³/mol. The van der Waals surface area contributed by atoms with Crippen molar-refractivity contribution in [3.63, 3.8) is 0 Å². The summed E-state index contributed by atoms with van der Waals surface area (Å²) in [6, 6.07) is 9.08. The molecule has 1 aliphatic carbocycles. The first-order valence-corrected chi connectivity index (χ1v) is 7.86. The van der Waals surface area contributed by atoms with E-state index in [9.17, 15) is 10.1 Å². The quantitative estimate of drug-likeness (QED) is 0.930. The zero-order chi connectivity index (χ0) is 15.4. The van der Waals surface area contributed by atoms with Gasteiger partial charge in [-0.1, -0.05) is 31.4 Å². The van der Waals surface area contributed by atoms with Crippen molar-refractivity contribution in [2.24, 2.45) is 5.92 Å². The molecule has 0 aromatic heterocycles. The summed E-state index contributed by atoms with van der Waals surface area (Å²) in [5.74, 6) is 1.20. The molecule has 0 radical (unpaired) electrons. The third kappa shape index (κ3) is 3.16. The van der Waals surface area contributed by atoms with E-state index in [0.717, 1.165) is 25.7 Å². The van der Waals surface area contributed by atoms with Gasteiger partial charge in [-0.15, -0.1) is 0 Å². The summed E-state index contributed by atoms with van der Waals surface area (Å²) in [7, 11) is 0. The molecule has 3 rings (SSSR count). The number of rotatable bonds is 3. The van der Waals surface area contributed by atoms with Gasteiger partial charge in [0, 0.05) is 0 Å². The highest BCUT2D eigenvalue weighted by molar-refractivity contribution is 5.82. The molecule has 0 saturated heterocycles. The van der Waals surface area contributed by atoms with E-state index >= 15 is 0 Å². The Morgan fingerprint density at radius 2 is 1.95 bits per heavy atom. The van der Waals surface area contributed by atoms with E-state index in [1.807, 2.05) is 18.2 Å². The molecule has 0 bridgehead atoms. The van der Waals surface area contributed by atoms with Gasteiger partial charge in [-0.2, -0.15) is 5.26 Å². The Morgan fingerprint density at radius 3 is 2.68 bits per heavy atom. The summed E-state index contributed by atoms with van der Waals surface area (Å²) in [5.41, 5.74) is 0. The van der Waals surface area contributed by atoms with Crippen LogP contribution in [0.4, 0.5) is 0 Å². The number of hydrogen-bond donors (Lipinski definition) is 1. The average molecular weight is 300 g/mol. The first kappa shape index (κ1) is 14.7. The molecule has 2 atom stereocenters. The second-order valence-corrected chi connectivity index (χ2v) is 5.88. The number of para-hydroxylation sites is 2. The van der Waals surface area contributed by atoms with E-state index in [2.05, 4.69) is 11.4 Å². The smallest absolute Gasteiger partial charge is 0.265 e. The van der Waals surface area contributed by atoms with Gasteiger partial charge in [-0.25, -0.2) is 0 Å². The monoisotopic (exact) mass is 300 g/mol. The van der Waals surface area contributed by atoms with E-state index < -0.39 is 12.1 Å². The molecular weight excluding hydrogens is 280 g/mol. The number of carbonyl (C=O) groups is 1. The fourth-order valence-electron chi connectivity index (χ4n) is 3.12. The van der Waals surface area contributed by atoms with E-state index in [1.165, 1.54) is 6.42 Å². The molecule has 116 valence electrons. The summed E-state index contributed by atoms with van der Waals surface area (Å²) in [6.45, 7) is 0.172. The highest BCUT2D eigenvalue weighted by atomic mass is 16.6.